The minimum atomic E-state index is -0.150. The summed E-state index contributed by atoms with van der Waals surface area (Å²) in [5.74, 6) is 0. The standard InChI is InChI=1S/C24H38N4O2/c1-3-30-24(29)27-17-15-25(16-18-27)22-8-6-12-28(19-22)21-10-13-26(14-11-21)23-9-5-4-7-20(23)2/h4-5,7,9,21-22H,3,6,8,10-19H2,1-2H3/t22-/m1/s1. The van der Waals surface area contributed by atoms with Crippen LogP contribution in [-0.4, -0.2) is 91.8 Å². The normalized spacial score (nSPS) is 24.8. The maximum absolute atomic E-state index is 12.0. The van der Waals surface area contributed by atoms with Crippen LogP contribution < -0.4 is 4.90 Å². The molecule has 0 aliphatic carbocycles. The van der Waals surface area contributed by atoms with E-state index in [2.05, 4.69) is 45.9 Å². The fourth-order valence-electron chi connectivity index (χ4n) is 5.49. The molecule has 6 nitrogen and oxygen atoms in total. The zero-order valence-electron chi connectivity index (χ0n) is 18.8. The zero-order chi connectivity index (χ0) is 20.9. The molecule has 0 bridgehead atoms. The number of hydrogen-bond acceptors (Lipinski definition) is 5. The molecule has 3 fully saturated rings. The number of aryl methyl sites for hydroxylation is 1. The van der Waals surface area contributed by atoms with Crippen molar-refractivity contribution >= 4 is 11.8 Å². The Morgan fingerprint density at radius 1 is 0.933 bits per heavy atom. The van der Waals surface area contributed by atoms with Gasteiger partial charge in [-0.2, -0.15) is 0 Å². The summed E-state index contributed by atoms with van der Waals surface area (Å²) in [6.07, 6.45) is 4.96. The molecule has 6 heteroatoms. The summed E-state index contributed by atoms with van der Waals surface area (Å²) >= 11 is 0. The van der Waals surface area contributed by atoms with Gasteiger partial charge in [0.2, 0.25) is 0 Å². The highest BCUT2D eigenvalue weighted by atomic mass is 16.6. The molecule has 0 unspecified atom stereocenters. The largest absolute Gasteiger partial charge is 0.450 e. The van der Waals surface area contributed by atoms with Crippen LogP contribution in [0.5, 0.6) is 0 Å². The first-order valence-electron chi connectivity index (χ1n) is 11.9. The lowest BCUT2D eigenvalue weighted by Crippen LogP contribution is -2.58. The van der Waals surface area contributed by atoms with Gasteiger partial charge in [0.05, 0.1) is 6.61 Å². The van der Waals surface area contributed by atoms with Crippen molar-refractivity contribution in [2.75, 3.05) is 63.9 Å². The van der Waals surface area contributed by atoms with Gasteiger partial charge in [-0.25, -0.2) is 4.79 Å². The smallest absolute Gasteiger partial charge is 0.409 e. The van der Waals surface area contributed by atoms with Gasteiger partial charge in [-0.1, -0.05) is 18.2 Å². The summed E-state index contributed by atoms with van der Waals surface area (Å²) in [5, 5.41) is 0. The van der Waals surface area contributed by atoms with Gasteiger partial charge in [0.15, 0.2) is 0 Å². The van der Waals surface area contributed by atoms with Crippen LogP contribution in [0.15, 0.2) is 24.3 Å². The first-order chi connectivity index (χ1) is 14.7. The van der Waals surface area contributed by atoms with Gasteiger partial charge in [0, 0.05) is 63.6 Å². The lowest BCUT2D eigenvalue weighted by atomic mass is 9.96. The molecule has 3 saturated heterocycles. The predicted molar refractivity (Wildman–Crippen MR) is 121 cm³/mol. The van der Waals surface area contributed by atoms with Crippen LogP contribution in [-0.2, 0) is 4.74 Å². The van der Waals surface area contributed by atoms with E-state index < -0.39 is 0 Å². The molecule has 1 amide bonds. The SMILES string of the molecule is CCOC(=O)N1CCN([C@@H]2CCCN(C3CCN(c4ccccc4C)CC3)C2)CC1. The molecule has 1 aromatic carbocycles. The molecule has 1 aromatic rings. The summed E-state index contributed by atoms with van der Waals surface area (Å²) in [7, 11) is 0. The van der Waals surface area contributed by atoms with Gasteiger partial charge in [0.25, 0.3) is 0 Å². The van der Waals surface area contributed by atoms with Crippen LogP contribution in [0.25, 0.3) is 0 Å². The zero-order valence-corrected chi connectivity index (χ0v) is 18.8. The van der Waals surface area contributed by atoms with Crippen LogP contribution in [0.4, 0.5) is 10.5 Å². The Labute approximate surface area is 181 Å². The van der Waals surface area contributed by atoms with Crippen molar-refractivity contribution in [2.45, 2.75) is 51.6 Å². The van der Waals surface area contributed by atoms with Gasteiger partial charge >= 0.3 is 6.09 Å². The van der Waals surface area contributed by atoms with E-state index in [0.717, 1.165) is 39.3 Å². The number of carbonyl (C=O) groups excluding carboxylic acids is 1. The average molecular weight is 415 g/mol. The van der Waals surface area contributed by atoms with Crippen molar-refractivity contribution < 1.29 is 9.53 Å². The number of nitrogens with zero attached hydrogens (tertiary/aromatic N) is 4. The van der Waals surface area contributed by atoms with Gasteiger partial charge < -0.3 is 14.5 Å². The van der Waals surface area contributed by atoms with Crippen molar-refractivity contribution in [3.8, 4) is 0 Å². The fourth-order valence-corrected chi connectivity index (χ4v) is 5.49. The van der Waals surface area contributed by atoms with Crippen molar-refractivity contribution in [2.24, 2.45) is 0 Å². The van der Waals surface area contributed by atoms with Crippen molar-refractivity contribution in [3.05, 3.63) is 29.8 Å². The first-order valence-corrected chi connectivity index (χ1v) is 11.9. The van der Waals surface area contributed by atoms with Crippen molar-refractivity contribution in [3.63, 3.8) is 0 Å². The van der Waals surface area contributed by atoms with Crippen LogP contribution >= 0.6 is 0 Å². The number of benzene rings is 1. The van der Waals surface area contributed by atoms with Gasteiger partial charge in [-0.05, 0) is 57.7 Å². The molecule has 1 atom stereocenters. The quantitative estimate of drug-likeness (QED) is 0.757. The molecule has 0 radical (unpaired) electrons. The summed E-state index contributed by atoms with van der Waals surface area (Å²) in [6.45, 7) is 12.8. The van der Waals surface area contributed by atoms with E-state index in [0.29, 0.717) is 18.7 Å². The molecule has 166 valence electrons. The molecule has 30 heavy (non-hydrogen) atoms. The minimum Gasteiger partial charge on any atom is -0.450 e. The van der Waals surface area contributed by atoms with Crippen LogP contribution in [0.2, 0.25) is 0 Å². The second-order valence-electron chi connectivity index (χ2n) is 9.02. The van der Waals surface area contributed by atoms with Gasteiger partial charge in [-0.15, -0.1) is 0 Å². The van der Waals surface area contributed by atoms with Crippen LogP contribution in [0.3, 0.4) is 0 Å². The molecule has 0 saturated carbocycles. The number of para-hydroxylation sites is 1. The van der Waals surface area contributed by atoms with Gasteiger partial charge in [-0.3, -0.25) is 9.80 Å². The maximum Gasteiger partial charge on any atom is 0.409 e. The summed E-state index contributed by atoms with van der Waals surface area (Å²) in [5.41, 5.74) is 2.79. The van der Waals surface area contributed by atoms with Crippen LogP contribution in [0.1, 0.15) is 38.2 Å². The molecule has 0 N–H and O–H groups in total. The second-order valence-corrected chi connectivity index (χ2v) is 9.02. The number of piperazine rings is 1. The van der Waals surface area contributed by atoms with Gasteiger partial charge in [0.1, 0.15) is 0 Å². The van der Waals surface area contributed by atoms with E-state index in [1.165, 1.54) is 50.0 Å². The third kappa shape index (κ3) is 4.92. The third-order valence-corrected chi connectivity index (χ3v) is 7.22. The number of rotatable bonds is 4. The number of anilines is 1. The topological polar surface area (TPSA) is 39.3 Å². The Bertz CT molecular complexity index is 696. The lowest BCUT2D eigenvalue weighted by Gasteiger charge is -2.47. The minimum absolute atomic E-state index is 0.150. The third-order valence-electron chi connectivity index (χ3n) is 7.22. The number of hydrogen-bond donors (Lipinski definition) is 0. The molecule has 3 aliphatic heterocycles. The Morgan fingerprint density at radius 2 is 1.67 bits per heavy atom. The predicted octanol–water partition coefficient (Wildman–Crippen LogP) is 3.20. The average Bonchev–Trinajstić information content (AvgIpc) is 2.80. The molecule has 0 aromatic heterocycles. The van der Waals surface area contributed by atoms with Crippen molar-refractivity contribution in [1.29, 1.82) is 0 Å². The highest BCUT2D eigenvalue weighted by Gasteiger charge is 2.33. The summed E-state index contributed by atoms with van der Waals surface area (Å²) in [4.78, 5) is 21.8. The van der Waals surface area contributed by atoms with E-state index in [9.17, 15) is 4.79 Å². The number of piperidine rings is 2. The summed E-state index contributed by atoms with van der Waals surface area (Å²) < 4.78 is 5.16. The Morgan fingerprint density at radius 3 is 2.37 bits per heavy atom. The summed E-state index contributed by atoms with van der Waals surface area (Å²) in [6, 6.07) is 10.1. The molecular weight excluding hydrogens is 376 g/mol. The number of likely N-dealkylation sites (tertiary alicyclic amines) is 1. The Balaban J connectivity index is 1.26. The Kier molecular flexibility index (Phi) is 7.16. The highest BCUT2D eigenvalue weighted by molar-refractivity contribution is 5.67. The molecule has 4 rings (SSSR count). The van der Waals surface area contributed by atoms with Crippen molar-refractivity contribution in [1.82, 2.24) is 14.7 Å². The first kappa shape index (κ1) is 21.4. The van der Waals surface area contributed by atoms with E-state index in [-0.39, 0.29) is 6.09 Å². The van der Waals surface area contributed by atoms with E-state index in [1.807, 2.05) is 11.8 Å². The molecular formula is C24H38N4O2. The second kappa shape index (κ2) is 10.0. The van der Waals surface area contributed by atoms with Crippen LogP contribution in [0, 0.1) is 6.92 Å². The fraction of sp³-hybridized carbons (Fsp3) is 0.708. The highest BCUT2D eigenvalue weighted by Crippen LogP contribution is 2.28. The Hall–Kier alpha value is -1.79. The number of carbonyl (C=O) groups is 1. The number of ether oxygens (including phenoxy) is 1. The van der Waals surface area contributed by atoms with E-state index >= 15 is 0 Å². The molecule has 3 aliphatic rings. The number of amides is 1. The van der Waals surface area contributed by atoms with E-state index in [4.69, 9.17) is 4.74 Å². The van der Waals surface area contributed by atoms with E-state index in [1.54, 1.807) is 0 Å². The lowest BCUT2D eigenvalue weighted by molar-refractivity contribution is 0.0290. The molecule has 0 spiro atoms. The molecule has 3 heterocycles. The maximum atomic E-state index is 12.0. The monoisotopic (exact) mass is 414 g/mol.